The summed E-state index contributed by atoms with van der Waals surface area (Å²) in [5, 5.41) is 8.55. The van der Waals surface area contributed by atoms with Crippen LogP contribution in [0.4, 0.5) is 0 Å². The fraction of sp³-hybridized carbons (Fsp3) is 0.600. The molecule has 0 aliphatic heterocycles. The summed E-state index contributed by atoms with van der Waals surface area (Å²) in [6, 6.07) is 2.04. The first-order valence-corrected chi connectivity index (χ1v) is 4.28. The van der Waals surface area contributed by atoms with Crippen molar-refractivity contribution in [2.45, 2.75) is 13.8 Å². The first kappa shape index (κ1) is 9.79. The molecule has 1 aliphatic carbocycles. The standard InChI is InChI=1S/C10H13NO2/c1-6(5-11)4-8-7(2)9(8)10(12)13-3/h4,7-9H,1-3H3. The van der Waals surface area contributed by atoms with Crippen LogP contribution in [0.3, 0.4) is 0 Å². The van der Waals surface area contributed by atoms with Crippen LogP contribution in [-0.2, 0) is 9.53 Å². The predicted molar refractivity (Wildman–Crippen MR) is 47.5 cm³/mol. The van der Waals surface area contributed by atoms with Crippen LogP contribution < -0.4 is 0 Å². The van der Waals surface area contributed by atoms with Crippen LogP contribution in [0.25, 0.3) is 0 Å². The smallest absolute Gasteiger partial charge is 0.309 e. The number of ether oxygens (including phenoxy) is 1. The van der Waals surface area contributed by atoms with Gasteiger partial charge in [-0.3, -0.25) is 4.79 Å². The first-order chi connectivity index (χ1) is 6.11. The van der Waals surface area contributed by atoms with E-state index in [1.807, 2.05) is 19.1 Å². The summed E-state index contributed by atoms with van der Waals surface area (Å²) in [6.07, 6.45) is 1.85. The molecule has 0 aromatic carbocycles. The maximum atomic E-state index is 11.1. The van der Waals surface area contributed by atoms with E-state index in [4.69, 9.17) is 5.26 Å². The zero-order valence-corrected chi connectivity index (χ0v) is 8.07. The molecule has 3 unspecified atom stereocenters. The summed E-state index contributed by atoms with van der Waals surface area (Å²) in [7, 11) is 1.39. The Morgan fingerprint density at radius 2 is 2.23 bits per heavy atom. The average Bonchev–Trinajstić information content (AvgIpc) is 2.75. The van der Waals surface area contributed by atoms with Gasteiger partial charge in [0.2, 0.25) is 0 Å². The summed E-state index contributed by atoms with van der Waals surface area (Å²) in [5.41, 5.74) is 0.670. The minimum absolute atomic E-state index is 0.0340. The molecule has 0 bridgehead atoms. The monoisotopic (exact) mass is 179 g/mol. The number of hydrogen-bond donors (Lipinski definition) is 0. The molecule has 0 spiro atoms. The van der Waals surface area contributed by atoms with E-state index in [1.54, 1.807) is 6.92 Å². The number of carbonyl (C=O) groups is 1. The Morgan fingerprint density at radius 1 is 1.62 bits per heavy atom. The summed E-state index contributed by atoms with van der Waals surface area (Å²) in [6.45, 7) is 3.74. The van der Waals surface area contributed by atoms with Crippen molar-refractivity contribution in [2.75, 3.05) is 7.11 Å². The second-order valence-corrected chi connectivity index (χ2v) is 3.45. The third-order valence-electron chi connectivity index (χ3n) is 2.54. The van der Waals surface area contributed by atoms with Crippen LogP contribution in [0.5, 0.6) is 0 Å². The van der Waals surface area contributed by atoms with E-state index >= 15 is 0 Å². The molecule has 1 saturated carbocycles. The zero-order chi connectivity index (χ0) is 10.0. The van der Waals surface area contributed by atoms with Crippen molar-refractivity contribution in [2.24, 2.45) is 17.8 Å². The van der Waals surface area contributed by atoms with Gasteiger partial charge in [-0.2, -0.15) is 5.26 Å². The predicted octanol–water partition coefficient (Wildman–Crippen LogP) is 1.51. The Morgan fingerprint density at radius 3 is 2.69 bits per heavy atom. The number of rotatable bonds is 2. The fourth-order valence-electron chi connectivity index (χ4n) is 1.58. The van der Waals surface area contributed by atoms with Gasteiger partial charge >= 0.3 is 5.97 Å². The van der Waals surface area contributed by atoms with Crippen molar-refractivity contribution >= 4 is 5.97 Å². The number of esters is 1. The van der Waals surface area contributed by atoms with Gasteiger partial charge in [0.25, 0.3) is 0 Å². The zero-order valence-electron chi connectivity index (χ0n) is 8.07. The second kappa shape index (κ2) is 3.61. The molecular weight excluding hydrogens is 166 g/mol. The normalized spacial score (nSPS) is 32.2. The van der Waals surface area contributed by atoms with Gasteiger partial charge in [-0.1, -0.05) is 13.0 Å². The lowest BCUT2D eigenvalue weighted by molar-refractivity contribution is -0.142. The summed E-state index contributed by atoms with van der Waals surface area (Å²) in [5.74, 6) is 0.315. The SMILES string of the molecule is COC(=O)C1C(C)C1C=C(C)C#N. The third-order valence-corrected chi connectivity index (χ3v) is 2.54. The maximum absolute atomic E-state index is 11.1. The lowest BCUT2D eigenvalue weighted by Crippen LogP contribution is -2.04. The fourth-order valence-corrected chi connectivity index (χ4v) is 1.58. The van der Waals surface area contributed by atoms with E-state index in [1.165, 1.54) is 7.11 Å². The molecule has 0 aromatic rings. The Labute approximate surface area is 78.0 Å². The highest BCUT2D eigenvalue weighted by atomic mass is 16.5. The van der Waals surface area contributed by atoms with Crippen LogP contribution in [0.2, 0.25) is 0 Å². The molecular formula is C10H13NO2. The Bertz CT molecular complexity index is 288. The molecule has 13 heavy (non-hydrogen) atoms. The molecule has 0 N–H and O–H groups in total. The van der Waals surface area contributed by atoms with Crippen molar-refractivity contribution in [1.29, 1.82) is 5.26 Å². The molecule has 70 valence electrons. The van der Waals surface area contributed by atoms with Gasteiger partial charge in [0.15, 0.2) is 0 Å². The van der Waals surface area contributed by atoms with Crippen molar-refractivity contribution in [3.8, 4) is 6.07 Å². The highest BCUT2D eigenvalue weighted by molar-refractivity contribution is 5.76. The summed E-state index contributed by atoms with van der Waals surface area (Å²) >= 11 is 0. The van der Waals surface area contributed by atoms with Crippen LogP contribution in [0, 0.1) is 29.1 Å². The highest BCUT2D eigenvalue weighted by Gasteiger charge is 2.51. The van der Waals surface area contributed by atoms with E-state index in [9.17, 15) is 4.79 Å². The van der Waals surface area contributed by atoms with E-state index in [2.05, 4.69) is 4.74 Å². The van der Waals surface area contributed by atoms with Gasteiger partial charge in [0.05, 0.1) is 19.1 Å². The molecule has 3 heteroatoms. The third kappa shape index (κ3) is 1.89. The van der Waals surface area contributed by atoms with E-state index in [0.29, 0.717) is 11.5 Å². The number of allylic oxidation sites excluding steroid dienone is 2. The molecule has 3 atom stereocenters. The molecule has 0 aromatic heterocycles. The molecule has 0 heterocycles. The van der Waals surface area contributed by atoms with E-state index < -0.39 is 0 Å². The van der Waals surface area contributed by atoms with Crippen LogP contribution in [0.15, 0.2) is 11.6 Å². The lowest BCUT2D eigenvalue weighted by atomic mass is 10.2. The van der Waals surface area contributed by atoms with Crippen molar-refractivity contribution in [1.82, 2.24) is 0 Å². The van der Waals surface area contributed by atoms with Crippen molar-refractivity contribution in [3.63, 3.8) is 0 Å². The van der Waals surface area contributed by atoms with E-state index in [-0.39, 0.29) is 17.8 Å². The average molecular weight is 179 g/mol. The maximum Gasteiger partial charge on any atom is 0.309 e. The minimum Gasteiger partial charge on any atom is -0.469 e. The summed E-state index contributed by atoms with van der Waals surface area (Å²) < 4.78 is 4.64. The van der Waals surface area contributed by atoms with Crippen LogP contribution >= 0.6 is 0 Å². The van der Waals surface area contributed by atoms with Crippen LogP contribution in [0.1, 0.15) is 13.8 Å². The largest absolute Gasteiger partial charge is 0.469 e. The Hall–Kier alpha value is -1.30. The van der Waals surface area contributed by atoms with Gasteiger partial charge in [-0.15, -0.1) is 0 Å². The van der Waals surface area contributed by atoms with Crippen molar-refractivity contribution < 1.29 is 9.53 Å². The number of hydrogen-bond acceptors (Lipinski definition) is 3. The summed E-state index contributed by atoms with van der Waals surface area (Å²) in [4.78, 5) is 11.1. The highest BCUT2D eigenvalue weighted by Crippen LogP contribution is 2.48. The lowest BCUT2D eigenvalue weighted by Gasteiger charge is -1.93. The topological polar surface area (TPSA) is 50.1 Å². The first-order valence-electron chi connectivity index (χ1n) is 4.28. The van der Waals surface area contributed by atoms with Gasteiger partial charge in [0.1, 0.15) is 0 Å². The number of nitrogens with zero attached hydrogens (tertiary/aromatic N) is 1. The number of nitriles is 1. The van der Waals surface area contributed by atoms with Gasteiger partial charge < -0.3 is 4.74 Å². The number of methoxy groups -OCH3 is 1. The molecule has 3 nitrogen and oxygen atoms in total. The number of carbonyl (C=O) groups excluding carboxylic acids is 1. The molecule has 0 amide bonds. The van der Waals surface area contributed by atoms with Gasteiger partial charge in [-0.25, -0.2) is 0 Å². The van der Waals surface area contributed by atoms with E-state index in [0.717, 1.165) is 0 Å². The molecule has 1 rings (SSSR count). The van der Waals surface area contributed by atoms with Crippen molar-refractivity contribution in [3.05, 3.63) is 11.6 Å². The minimum atomic E-state index is -0.167. The van der Waals surface area contributed by atoms with Gasteiger partial charge in [-0.05, 0) is 18.8 Å². The molecule has 0 radical (unpaired) electrons. The second-order valence-electron chi connectivity index (χ2n) is 3.45. The molecule has 1 fully saturated rings. The van der Waals surface area contributed by atoms with Crippen LogP contribution in [-0.4, -0.2) is 13.1 Å². The Kier molecular flexibility index (Phi) is 2.72. The Balaban J connectivity index is 2.60. The van der Waals surface area contributed by atoms with Gasteiger partial charge in [0, 0.05) is 5.57 Å². The molecule has 0 saturated heterocycles. The molecule has 1 aliphatic rings. The quantitative estimate of drug-likeness (QED) is 0.477.